The zero-order valence-corrected chi connectivity index (χ0v) is 17.5. The first-order valence-electron chi connectivity index (χ1n) is 9.73. The van der Waals surface area contributed by atoms with Crippen LogP contribution in [0.4, 0.5) is 36.4 Å². The molecular weight excluding hydrogens is 463 g/mol. The highest BCUT2D eigenvalue weighted by Gasteiger charge is 2.58. The fourth-order valence-electron chi connectivity index (χ4n) is 3.72. The van der Waals surface area contributed by atoms with E-state index in [-0.39, 0.29) is 24.9 Å². The van der Waals surface area contributed by atoms with E-state index in [1.165, 1.54) is 23.9 Å². The summed E-state index contributed by atoms with van der Waals surface area (Å²) < 4.78 is 95.9. The Labute approximate surface area is 182 Å². The van der Waals surface area contributed by atoms with Crippen LogP contribution in [0.15, 0.2) is 29.2 Å². The van der Waals surface area contributed by atoms with Crippen molar-refractivity contribution in [2.24, 2.45) is 11.8 Å². The number of hydrogen-bond donors (Lipinski definition) is 1. The molecule has 1 N–H and O–H groups in total. The van der Waals surface area contributed by atoms with Crippen LogP contribution in [0.1, 0.15) is 41.0 Å². The van der Waals surface area contributed by atoms with Gasteiger partial charge in [0.25, 0.3) is 5.91 Å². The van der Waals surface area contributed by atoms with Crippen LogP contribution in [-0.2, 0) is 18.4 Å². The van der Waals surface area contributed by atoms with E-state index in [1.54, 1.807) is 18.4 Å². The largest absolute Gasteiger partial charge is 0.420 e. The summed E-state index contributed by atoms with van der Waals surface area (Å²) in [7, 11) is 0. The molecule has 12 heteroatoms. The molecule has 1 aromatic carbocycles. The SMILES string of the molecule is CSc1cccc(NC(=O)c2c(C(F)(F)F)c(C3(F)CC3)nn2C[C@@H]2C[C@H]2C(F)(F)F)c1. The Hall–Kier alpha value is -2.24. The lowest BCUT2D eigenvalue weighted by Gasteiger charge is -2.13. The molecule has 174 valence electrons. The Morgan fingerprint density at radius 3 is 2.47 bits per heavy atom. The van der Waals surface area contributed by atoms with Crippen LogP contribution in [0.2, 0.25) is 0 Å². The van der Waals surface area contributed by atoms with Crippen molar-refractivity contribution in [1.82, 2.24) is 9.78 Å². The van der Waals surface area contributed by atoms with E-state index in [1.807, 2.05) is 0 Å². The molecular formula is C20H18F7N3OS. The summed E-state index contributed by atoms with van der Waals surface area (Å²) >= 11 is 1.35. The van der Waals surface area contributed by atoms with Crippen molar-refractivity contribution in [2.75, 3.05) is 11.6 Å². The highest BCUT2D eigenvalue weighted by molar-refractivity contribution is 7.98. The van der Waals surface area contributed by atoms with Gasteiger partial charge in [0.1, 0.15) is 17.0 Å². The number of nitrogens with zero attached hydrogens (tertiary/aromatic N) is 2. The van der Waals surface area contributed by atoms with Gasteiger partial charge in [0, 0.05) is 17.1 Å². The minimum Gasteiger partial charge on any atom is -0.321 e. The summed E-state index contributed by atoms with van der Waals surface area (Å²) in [4.78, 5) is 13.7. The first-order chi connectivity index (χ1) is 14.8. The number of amides is 1. The number of nitrogens with one attached hydrogen (secondary N) is 1. The predicted molar refractivity (Wildman–Crippen MR) is 103 cm³/mol. The summed E-state index contributed by atoms with van der Waals surface area (Å²) in [6, 6.07) is 6.32. The first kappa shape index (κ1) is 22.9. The number of rotatable bonds is 6. The second-order valence-corrected chi connectivity index (χ2v) is 8.93. The molecule has 0 spiro atoms. The maximum atomic E-state index is 14.7. The molecule has 2 fully saturated rings. The van der Waals surface area contributed by atoms with Gasteiger partial charge in [-0.2, -0.15) is 31.4 Å². The lowest BCUT2D eigenvalue weighted by molar-refractivity contribution is -0.151. The molecule has 1 aromatic heterocycles. The Bertz CT molecular complexity index is 1040. The molecule has 0 saturated heterocycles. The van der Waals surface area contributed by atoms with Gasteiger partial charge in [-0.05, 0) is 49.6 Å². The molecule has 2 aromatic rings. The van der Waals surface area contributed by atoms with Crippen LogP contribution < -0.4 is 5.32 Å². The molecule has 2 aliphatic rings. The Morgan fingerprint density at radius 2 is 1.94 bits per heavy atom. The molecule has 4 nitrogen and oxygen atoms in total. The molecule has 1 amide bonds. The number of thioether (sulfide) groups is 1. The van der Waals surface area contributed by atoms with Gasteiger partial charge in [0.05, 0.1) is 5.92 Å². The summed E-state index contributed by atoms with van der Waals surface area (Å²) in [6.07, 6.45) is -8.51. The van der Waals surface area contributed by atoms with Crippen LogP contribution in [0.25, 0.3) is 0 Å². The van der Waals surface area contributed by atoms with Crippen LogP contribution >= 0.6 is 11.8 Å². The van der Waals surface area contributed by atoms with E-state index in [0.717, 1.165) is 4.90 Å². The van der Waals surface area contributed by atoms with Gasteiger partial charge in [-0.1, -0.05) is 6.07 Å². The maximum absolute atomic E-state index is 14.7. The number of halogens is 7. The zero-order chi connectivity index (χ0) is 23.5. The van der Waals surface area contributed by atoms with Gasteiger partial charge >= 0.3 is 12.4 Å². The molecule has 32 heavy (non-hydrogen) atoms. The fraction of sp³-hybridized carbons (Fsp3) is 0.500. The van der Waals surface area contributed by atoms with Gasteiger partial charge < -0.3 is 5.32 Å². The van der Waals surface area contributed by atoms with E-state index in [2.05, 4.69) is 10.4 Å². The highest BCUT2D eigenvalue weighted by atomic mass is 32.2. The van der Waals surface area contributed by atoms with Gasteiger partial charge in [-0.25, -0.2) is 4.39 Å². The zero-order valence-electron chi connectivity index (χ0n) is 16.6. The predicted octanol–water partition coefficient (Wildman–Crippen LogP) is 6.03. The second kappa shape index (κ2) is 7.67. The normalized spacial score (nSPS) is 22.0. The van der Waals surface area contributed by atoms with Crippen LogP contribution in [0, 0.1) is 11.8 Å². The molecule has 2 atom stereocenters. The van der Waals surface area contributed by atoms with Crippen molar-refractivity contribution in [2.45, 2.75) is 48.7 Å². The third kappa shape index (κ3) is 4.46. The monoisotopic (exact) mass is 481 g/mol. The number of carbonyl (C=O) groups is 1. The fourth-order valence-corrected chi connectivity index (χ4v) is 4.18. The van der Waals surface area contributed by atoms with Gasteiger partial charge in [0.2, 0.25) is 0 Å². The van der Waals surface area contributed by atoms with E-state index in [9.17, 15) is 35.5 Å². The summed E-state index contributed by atoms with van der Waals surface area (Å²) in [5.41, 5.74) is -5.57. The van der Waals surface area contributed by atoms with Crippen molar-refractivity contribution in [3.05, 3.63) is 41.2 Å². The third-order valence-corrected chi connectivity index (χ3v) is 6.37. The highest BCUT2D eigenvalue weighted by Crippen LogP contribution is 2.54. The Balaban J connectivity index is 1.74. The average Bonchev–Trinajstić information content (AvgIpc) is 3.58. The lowest BCUT2D eigenvalue weighted by atomic mass is 10.1. The van der Waals surface area contributed by atoms with Crippen molar-refractivity contribution in [3.63, 3.8) is 0 Å². The van der Waals surface area contributed by atoms with Gasteiger partial charge in [-0.3, -0.25) is 9.48 Å². The molecule has 0 radical (unpaired) electrons. The number of anilines is 1. The molecule has 0 bridgehead atoms. The van der Waals surface area contributed by atoms with Crippen molar-refractivity contribution >= 4 is 23.4 Å². The van der Waals surface area contributed by atoms with Gasteiger partial charge in [0.15, 0.2) is 5.67 Å². The van der Waals surface area contributed by atoms with Crippen LogP contribution in [0.5, 0.6) is 0 Å². The van der Waals surface area contributed by atoms with Crippen LogP contribution in [0.3, 0.4) is 0 Å². The number of hydrogen-bond acceptors (Lipinski definition) is 3. The summed E-state index contributed by atoms with van der Waals surface area (Å²) in [5, 5.41) is 6.04. The summed E-state index contributed by atoms with van der Waals surface area (Å²) in [6.45, 7) is -0.559. The minimum absolute atomic E-state index is 0.196. The topological polar surface area (TPSA) is 46.9 Å². The molecule has 2 saturated carbocycles. The lowest BCUT2D eigenvalue weighted by Crippen LogP contribution is -2.23. The molecule has 4 rings (SSSR count). The minimum atomic E-state index is -5.12. The summed E-state index contributed by atoms with van der Waals surface area (Å²) in [5.74, 6) is -3.91. The third-order valence-electron chi connectivity index (χ3n) is 5.64. The van der Waals surface area contributed by atoms with Crippen molar-refractivity contribution in [3.8, 4) is 0 Å². The smallest absolute Gasteiger partial charge is 0.321 e. The van der Waals surface area contributed by atoms with E-state index in [4.69, 9.17) is 0 Å². The molecule has 0 aliphatic heterocycles. The quantitative estimate of drug-likeness (QED) is 0.405. The van der Waals surface area contributed by atoms with E-state index >= 15 is 0 Å². The first-order valence-corrected chi connectivity index (χ1v) is 11.0. The maximum Gasteiger partial charge on any atom is 0.420 e. The number of alkyl halides is 7. The Morgan fingerprint density at radius 1 is 1.25 bits per heavy atom. The second-order valence-electron chi connectivity index (χ2n) is 8.05. The van der Waals surface area contributed by atoms with Crippen molar-refractivity contribution < 1.29 is 35.5 Å². The molecule has 2 aliphatic carbocycles. The Kier molecular flexibility index (Phi) is 5.50. The average molecular weight is 481 g/mol. The number of benzene rings is 1. The number of carbonyl (C=O) groups excluding carboxylic acids is 1. The van der Waals surface area contributed by atoms with Gasteiger partial charge in [-0.15, -0.1) is 11.8 Å². The van der Waals surface area contributed by atoms with Crippen LogP contribution in [-0.4, -0.2) is 28.1 Å². The van der Waals surface area contributed by atoms with E-state index in [0.29, 0.717) is 4.68 Å². The van der Waals surface area contributed by atoms with Crippen molar-refractivity contribution in [1.29, 1.82) is 0 Å². The van der Waals surface area contributed by atoms with E-state index < -0.39 is 59.3 Å². The molecule has 0 unspecified atom stereocenters. The molecule has 1 heterocycles. The number of aromatic nitrogens is 2. The standard InChI is InChI=1S/C20H18F7N3OS/c1-32-12-4-2-3-11(8-12)28-17(31)15-14(20(25,26)27)16(18(21)5-6-18)29-30(15)9-10-7-13(10)19(22,23)24/h2-4,8,10,13H,5-7,9H2,1H3,(H,28,31)/t10-,13+/m0/s1.